The summed E-state index contributed by atoms with van der Waals surface area (Å²) in [6.45, 7) is 3.14. The molecule has 0 aliphatic heterocycles. The van der Waals surface area contributed by atoms with Gasteiger partial charge in [0.25, 0.3) is 5.91 Å². The Morgan fingerprint density at radius 3 is 2.42 bits per heavy atom. The molecule has 0 saturated heterocycles. The number of unbranched alkanes of at least 4 members (excludes halogenated alkanes) is 1. The third-order valence-corrected chi connectivity index (χ3v) is 2.89. The van der Waals surface area contributed by atoms with Gasteiger partial charge >= 0.3 is 0 Å². The summed E-state index contributed by atoms with van der Waals surface area (Å²) in [6, 6.07) is 3.50. The van der Waals surface area contributed by atoms with Crippen molar-refractivity contribution in [2.75, 3.05) is 27.3 Å². The van der Waals surface area contributed by atoms with Crippen molar-refractivity contribution in [1.82, 2.24) is 5.32 Å². The molecule has 0 aromatic heterocycles. The molecule has 1 amide bonds. The lowest BCUT2D eigenvalue weighted by Crippen LogP contribution is -2.25. The lowest BCUT2D eigenvalue weighted by Gasteiger charge is -2.12. The Bertz CT molecular complexity index is 433. The van der Waals surface area contributed by atoms with Gasteiger partial charge in [0.1, 0.15) is 0 Å². The number of hydrogen-bond donors (Lipinski definition) is 2. The first-order chi connectivity index (χ1) is 9.13. The summed E-state index contributed by atoms with van der Waals surface area (Å²) in [5, 5.41) is 2.87. The maximum absolute atomic E-state index is 12.1. The van der Waals surface area contributed by atoms with Crippen LogP contribution < -0.4 is 20.5 Å². The molecule has 0 aliphatic carbocycles. The van der Waals surface area contributed by atoms with Crippen molar-refractivity contribution in [3.05, 3.63) is 23.3 Å². The molecule has 19 heavy (non-hydrogen) atoms. The van der Waals surface area contributed by atoms with Crippen molar-refractivity contribution in [3.63, 3.8) is 0 Å². The number of methoxy groups -OCH3 is 2. The van der Waals surface area contributed by atoms with Gasteiger partial charge in [-0.1, -0.05) is 0 Å². The first-order valence-electron chi connectivity index (χ1n) is 6.35. The molecule has 0 heterocycles. The number of nitrogens with one attached hydrogen (secondary N) is 1. The standard InChI is InChI=1S/C14H22N2O3/c1-10-8-12(18-2)13(19-3)9-11(10)14(17)16-7-5-4-6-15/h8-9H,4-7,15H2,1-3H3,(H,16,17). The number of ether oxygens (including phenoxy) is 2. The van der Waals surface area contributed by atoms with Crippen LogP contribution in [0.4, 0.5) is 0 Å². The summed E-state index contributed by atoms with van der Waals surface area (Å²) in [6.07, 6.45) is 1.79. The fourth-order valence-electron chi connectivity index (χ4n) is 1.79. The minimum Gasteiger partial charge on any atom is -0.493 e. The van der Waals surface area contributed by atoms with Gasteiger partial charge in [0.15, 0.2) is 11.5 Å². The van der Waals surface area contributed by atoms with Crippen LogP contribution in [0.2, 0.25) is 0 Å². The van der Waals surface area contributed by atoms with E-state index in [0.29, 0.717) is 30.2 Å². The van der Waals surface area contributed by atoms with E-state index in [4.69, 9.17) is 15.2 Å². The molecule has 0 atom stereocenters. The fraction of sp³-hybridized carbons (Fsp3) is 0.500. The fourth-order valence-corrected chi connectivity index (χ4v) is 1.79. The second-order valence-corrected chi connectivity index (χ2v) is 4.27. The van der Waals surface area contributed by atoms with Crippen molar-refractivity contribution in [1.29, 1.82) is 0 Å². The molecular formula is C14H22N2O3. The molecule has 0 fully saturated rings. The lowest BCUT2D eigenvalue weighted by atomic mass is 10.1. The maximum atomic E-state index is 12.1. The van der Waals surface area contributed by atoms with Gasteiger partial charge in [-0.15, -0.1) is 0 Å². The normalized spacial score (nSPS) is 10.1. The summed E-state index contributed by atoms with van der Waals surface area (Å²) < 4.78 is 10.4. The van der Waals surface area contributed by atoms with E-state index in [1.807, 2.05) is 6.92 Å². The average Bonchev–Trinajstić information content (AvgIpc) is 2.42. The Hall–Kier alpha value is -1.75. The van der Waals surface area contributed by atoms with Gasteiger partial charge in [0, 0.05) is 12.1 Å². The molecule has 106 valence electrons. The zero-order valence-electron chi connectivity index (χ0n) is 11.8. The monoisotopic (exact) mass is 266 g/mol. The number of aryl methyl sites for hydroxylation is 1. The van der Waals surface area contributed by atoms with Crippen molar-refractivity contribution < 1.29 is 14.3 Å². The van der Waals surface area contributed by atoms with Crippen molar-refractivity contribution >= 4 is 5.91 Å². The van der Waals surface area contributed by atoms with Crippen molar-refractivity contribution in [3.8, 4) is 11.5 Å². The quantitative estimate of drug-likeness (QED) is 0.733. The number of nitrogens with two attached hydrogens (primary N) is 1. The molecule has 0 radical (unpaired) electrons. The lowest BCUT2D eigenvalue weighted by molar-refractivity contribution is 0.0952. The molecule has 0 saturated carbocycles. The van der Waals surface area contributed by atoms with E-state index in [1.165, 1.54) is 0 Å². The van der Waals surface area contributed by atoms with Gasteiger partial charge in [-0.2, -0.15) is 0 Å². The predicted octanol–water partition coefficient (Wildman–Crippen LogP) is 1.48. The minimum atomic E-state index is -0.101. The van der Waals surface area contributed by atoms with Gasteiger partial charge in [0.05, 0.1) is 14.2 Å². The first-order valence-corrected chi connectivity index (χ1v) is 6.35. The van der Waals surface area contributed by atoms with Gasteiger partial charge in [-0.25, -0.2) is 0 Å². The van der Waals surface area contributed by atoms with E-state index >= 15 is 0 Å². The Morgan fingerprint density at radius 2 is 1.84 bits per heavy atom. The highest BCUT2D eigenvalue weighted by Crippen LogP contribution is 2.30. The van der Waals surface area contributed by atoms with E-state index in [1.54, 1.807) is 26.4 Å². The number of carbonyl (C=O) groups excluding carboxylic acids is 1. The molecule has 1 aromatic rings. The van der Waals surface area contributed by atoms with E-state index in [9.17, 15) is 4.79 Å². The average molecular weight is 266 g/mol. The zero-order valence-corrected chi connectivity index (χ0v) is 11.8. The Labute approximate surface area is 114 Å². The summed E-state index contributed by atoms with van der Waals surface area (Å²) in [4.78, 5) is 12.1. The van der Waals surface area contributed by atoms with Crippen LogP contribution in [0.25, 0.3) is 0 Å². The number of hydrogen-bond acceptors (Lipinski definition) is 4. The molecule has 0 aliphatic rings. The van der Waals surface area contributed by atoms with Crippen molar-refractivity contribution in [2.45, 2.75) is 19.8 Å². The minimum absolute atomic E-state index is 0.101. The van der Waals surface area contributed by atoms with Gasteiger partial charge in [-0.3, -0.25) is 4.79 Å². The van der Waals surface area contributed by atoms with Crippen LogP contribution in [0, 0.1) is 6.92 Å². The summed E-state index contributed by atoms with van der Waals surface area (Å²) in [5.74, 6) is 1.08. The topological polar surface area (TPSA) is 73.6 Å². The molecule has 1 rings (SSSR count). The van der Waals surface area contributed by atoms with Crippen molar-refractivity contribution in [2.24, 2.45) is 5.73 Å². The highest BCUT2D eigenvalue weighted by Gasteiger charge is 2.13. The van der Waals surface area contributed by atoms with Crippen LogP contribution in [0.15, 0.2) is 12.1 Å². The summed E-state index contributed by atoms with van der Waals surface area (Å²) >= 11 is 0. The number of carbonyl (C=O) groups is 1. The summed E-state index contributed by atoms with van der Waals surface area (Å²) in [7, 11) is 3.12. The van der Waals surface area contributed by atoms with Gasteiger partial charge < -0.3 is 20.5 Å². The van der Waals surface area contributed by atoms with E-state index in [0.717, 1.165) is 18.4 Å². The largest absolute Gasteiger partial charge is 0.493 e. The molecular weight excluding hydrogens is 244 g/mol. The molecule has 5 nitrogen and oxygen atoms in total. The molecule has 3 N–H and O–H groups in total. The zero-order chi connectivity index (χ0) is 14.3. The Morgan fingerprint density at radius 1 is 1.21 bits per heavy atom. The third-order valence-electron chi connectivity index (χ3n) is 2.89. The Kier molecular flexibility index (Phi) is 6.15. The van der Waals surface area contributed by atoms with Crippen LogP contribution in [-0.4, -0.2) is 33.2 Å². The smallest absolute Gasteiger partial charge is 0.251 e. The summed E-state index contributed by atoms with van der Waals surface area (Å²) in [5.41, 5.74) is 6.87. The van der Waals surface area contributed by atoms with E-state index < -0.39 is 0 Å². The molecule has 0 spiro atoms. The van der Waals surface area contributed by atoms with Crippen LogP contribution in [0.3, 0.4) is 0 Å². The van der Waals surface area contributed by atoms with Gasteiger partial charge in [-0.05, 0) is 44.0 Å². The van der Waals surface area contributed by atoms with Crippen LogP contribution in [0.5, 0.6) is 11.5 Å². The SMILES string of the molecule is COc1cc(C)c(C(=O)NCCCCN)cc1OC. The van der Waals surface area contributed by atoms with Crippen LogP contribution in [-0.2, 0) is 0 Å². The van der Waals surface area contributed by atoms with Crippen LogP contribution in [0.1, 0.15) is 28.8 Å². The highest BCUT2D eigenvalue weighted by atomic mass is 16.5. The molecule has 5 heteroatoms. The third kappa shape index (κ3) is 4.13. The maximum Gasteiger partial charge on any atom is 0.251 e. The Balaban J connectivity index is 2.79. The van der Waals surface area contributed by atoms with Gasteiger partial charge in [0.2, 0.25) is 0 Å². The first kappa shape index (κ1) is 15.3. The predicted molar refractivity (Wildman–Crippen MR) is 74.9 cm³/mol. The second-order valence-electron chi connectivity index (χ2n) is 4.27. The molecule has 1 aromatic carbocycles. The van der Waals surface area contributed by atoms with E-state index in [-0.39, 0.29) is 5.91 Å². The number of amides is 1. The van der Waals surface area contributed by atoms with Crippen LogP contribution >= 0.6 is 0 Å². The highest BCUT2D eigenvalue weighted by molar-refractivity contribution is 5.96. The van der Waals surface area contributed by atoms with E-state index in [2.05, 4.69) is 5.32 Å². The molecule has 0 unspecified atom stereocenters. The number of rotatable bonds is 7. The number of benzene rings is 1. The second kappa shape index (κ2) is 7.63. The molecule has 0 bridgehead atoms.